The van der Waals surface area contributed by atoms with E-state index in [1.807, 2.05) is 18.9 Å². The molecule has 0 fully saturated rings. The molecule has 0 aliphatic rings. The van der Waals surface area contributed by atoms with Crippen LogP contribution in [0.4, 0.5) is 0 Å². The fourth-order valence-corrected chi connectivity index (χ4v) is 2.08. The van der Waals surface area contributed by atoms with Crippen LogP contribution in [0.15, 0.2) is 18.2 Å². The van der Waals surface area contributed by atoms with Crippen molar-refractivity contribution in [3.63, 3.8) is 0 Å². The molecule has 3 nitrogen and oxygen atoms in total. The van der Waals surface area contributed by atoms with Crippen molar-refractivity contribution in [3.8, 4) is 0 Å². The summed E-state index contributed by atoms with van der Waals surface area (Å²) in [4.78, 5) is 13.7. The standard InChI is InChI=1S/C16H26N2O/c1-12-5-7-15(13(2)11-12)9-10-18(4)16(19)8-6-14(3)17/h5,7,11,14H,6,8-10,17H2,1-4H3. The number of rotatable bonds is 6. The van der Waals surface area contributed by atoms with Gasteiger partial charge in [-0.25, -0.2) is 0 Å². The maximum atomic E-state index is 11.9. The second-order valence-corrected chi connectivity index (χ2v) is 5.51. The van der Waals surface area contributed by atoms with E-state index in [9.17, 15) is 4.79 Å². The molecule has 0 aliphatic heterocycles. The molecule has 0 spiro atoms. The van der Waals surface area contributed by atoms with E-state index in [-0.39, 0.29) is 11.9 Å². The summed E-state index contributed by atoms with van der Waals surface area (Å²) in [5.74, 6) is 0.182. The van der Waals surface area contributed by atoms with Crippen molar-refractivity contribution in [1.82, 2.24) is 4.90 Å². The molecule has 19 heavy (non-hydrogen) atoms. The molecule has 1 aromatic rings. The summed E-state index contributed by atoms with van der Waals surface area (Å²) >= 11 is 0. The van der Waals surface area contributed by atoms with E-state index in [0.717, 1.165) is 19.4 Å². The average Bonchev–Trinajstić information content (AvgIpc) is 2.34. The van der Waals surface area contributed by atoms with E-state index < -0.39 is 0 Å². The Bertz CT molecular complexity index is 427. The highest BCUT2D eigenvalue weighted by molar-refractivity contribution is 5.75. The van der Waals surface area contributed by atoms with E-state index in [0.29, 0.717) is 6.42 Å². The molecule has 106 valence electrons. The maximum Gasteiger partial charge on any atom is 0.222 e. The Morgan fingerprint density at radius 3 is 2.63 bits per heavy atom. The third-order valence-electron chi connectivity index (χ3n) is 3.45. The van der Waals surface area contributed by atoms with Crippen LogP contribution in [0.5, 0.6) is 0 Å². The molecule has 2 N–H and O–H groups in total. The number of hydrogen-bond donors (Lipinski definition) is 1. The second kappa shape index (κ2) is 7.29. The normalized spacial score (nSPS) is 12.3. The number of nitrogens with zero attached hydrogens (tertiary/aromatic N) is 1. The predicted octanol–water partition coefficient (Wildman–Crippen LogP) is 2.43. The van der Waals surface area contributed by atoms with E-state index in [1.165, 1.54) is 16.7 Å². The van der Waals surface area contributed by atoms with Gasteiger partial charge in [-0.15, -0.1) is 0 Å². The van der Waals surface area contributed by atoms with Crippen LogP contribution in [0.25, 0.3) is 0 Å². The number of carbonyl (C=O) groups excluding carboxylic acids is 1. The first kappa shape index (κ1) is 15.7. The van der Waals surface area contributed by atoms with E-state index >= 15 is 0 Å². The number of likely N-dealkylation sites (N-methyl/N-ethyl adjacent to an activating group) is 1. The van der Waals surface area contributed by atoms with Gasteiger partial charge in [0.1, 0.15) is 0 Å². The lowest BCUT2D eigenvalue weighted by atomic mass is 10.0. The third-order valence-corrected chi connectivity index (χ3v) is 3.45. The zero-order valence-corrected chi connectivity index (χ0v) is 12.6. The number of benzene rings is 1. The van der Waals surface area contributed by atoms with Crippen molar-refractivity contribution in [2.45, 2.75) is 46.1 Å². The van der Waals surface area contributed by atoms with Gasteiger partial charge in [-0.05, 0) is 44.7 Å². The van der Waals surface area contributed by atoms with Gasteiger partial charge in [-0.2, -0.15) is 0 Å². The molecule has 0 aromatic heterocycles. The van der Waals surface area contributed by atoms with E-state index in [1.54, 1.807) is 0 Å². The van der Waals surface area contributed by atoms with Crippen LogP contribution in [0, 0.1) is 13.8 Å². The molecule has 0 heterocycles. The Balaban J connectivity index is 2.45. The van der Waals surface area contributed by atoms with Crippen molar-refractivity contribution in [2.75, 3.05) is 13.6 Å². The molecule has 0 saturated heterocycles. The third kappa shape index (κ3) is 5.43. The zero-order chi connectivity index (χ0) is 14.4. The monoisotopic (exact) mass is 262 g/mol. The van der Waals surface area contributed by atoms with Gasteiger partial charge in [0.15, 0.2) is 0 Å². The van der Waals surface area contributed by atoms with E-state index in [4.69, 9.17) is 5.73 Å². The molecular weight excluding hydrogens is 236 g/mol. The topological polar surface area (TPSA) is 46.3 Å². The molecule has 1 aromatic carbocycles. The predicted molar refractivity (Wildman–Crippen MR) is 80.1 cm³/mol. The zero-order valence-electron chi connectivity index (χ0n) is 12.6. The molecule has 1 atom stereocenters. The molecule has 0 radical (unpaired) electrons. The Kier molecular flexibility index (Phi) is 6.03. The molecule has 1 unspecified atom stereocenters. The molecule has 0 bridgehead atoms. The van der Waals surface area contributed by atoms with Crippen LogP contribution in [-0.4, -0.2) is 30.4 Å². The number of amides is 1. The molecule has 0 saturated carbocycles. The van der Waals surface area contributed by atoms with Gasteiger partial charge < -0.3 is 10.6 Å². The molecule has 1 rings (SSSR count). The van der Waals surface area contributed by atoms with Gasteiger partial charge >= 0.3 is 0 Å². The second-order valence-electron chi connectivity index (χ2n) is 5.51. The minimum atomic E-state index is 0.0942. The van der Waals surface area contributed by atoms with Crippen molar-refractivity contribution in [2.24, 2.45) is 5.73 Å². The maximum absolute atomic E-state index is 11.9. The summed E-state index contributed by atoms with van der Waals surface area (Å²) in [6.45, 7) is 6.92. The minimum Gasteiger partial charge on any atom is -0.345 e. The van der Waals surface area contributed by atoms with E-state index in [2.05, 4.69) is 32.0 Å². The first-order chi connectivity index (χ1) is 8.90. The Morgan fingerprint density at radius 1 is 1.37 bits per heavy atom. The number of carbonyl (C=O) groups is 1. The molecule has 0 aliphatic carbocycles. The van der Waals surface area contributed by atoms with Crippen LogP contribution in [0.2, 0.25) is 0 Å². The summed E-state index contributed by atoms with van der Waals surface area (Å²) in [5, 5.41) is 0. The van der Waals surface area contributed by atoms with Crippen LogP contribution < -0.4 is 5.73 Å². The highest BCUT2D eigenvalue weighted by Crippen LogP contribution is 2.11. The van der Waals surface area contributed by atoms with Gasteiger partial charge in [0, 0.05) is 26.1 Å². The largest absolute Gasteiger partial charge is 0.345 e. The van der Waals surface area contributed by atoms with Crippen molar-refractivity contribution in [1.29, 1.82) is 0 Å². The Morgan fingerprint density at radius 2 is 2.05 bits per heavy atom. The SMILES string of the molecule is Cc1ccc(CCN(C)C(=O)CCC(C)N)c(C)c1. The van der Waals surface area contributed by atoms with Crippen molar-refractivity contribution in [3.05, 3.63) is 34.9 Å². The van der Waals surface area contributed by atoms with Crippen LogP contribution in [-0.2, 0) is 11.2 Å². The van der Waals surface area contributed by atoms with Gasteiger partial charge in [0.05, 0.1) is 0 Å². The summed E-state index contributed by atoms with van der Waals surface area (Å²) in [7, 11) is 1.87. The molecular formula is C16H26N2O. The summed E-state index contributed by atoms with van der Waals surface area (Å²) in [5.41, 5.74) is 9.57. The first-order valence-electron chi connectivity index (χ1n) is 6.96. The fourth-order valence-electron chi connectivity index (χ4n) is 2.08. The molecule has 3 heteroatoms. The summed E-state index contributed by atoms with van der Waals surface area (Å²) in [6.07, 6.45) is 2.21. The number of aryl methyl sites for hydroxylation is 2. The smallest absolute Gasteiger partial charge is 0.222 e. The van der Waals surface area contributed by atoms with Gasteiger partial charge in [0.2, 0.25) is 5.91 Å². The summed E-state index contributed by atoms with van der Waals surface area (Å²) in [6, 6.07) is 6.56. The van der Waals surface area contributed by atoms with Crippen LogP contribution >= 0.6 is 0 Å². The van der Waals surface area contributed by atoms with Gasteiger partial charge in [-0.3, -0.25) is 4.79 Å². The van der Waals surface area contributed by atoms with Crippen LogP contribution in [0.1, 0.15) is 36.5 Å². The van der Waals surface area contributed by atoms with Crippen molar-refractivity contribution >= 4 is 5.91 Å². The van der Waals surface area contributed by atoms with Gasteiger partial charge in [-0.1, -0.05) is 23.8 Å². The summed E-state index contributed by atoms with van der Waals surface area (Å²) < 4.78 is 0. The minimum absolute atomic E-state index is 0.0942. The molecule has 1 amide bonds. The fraction of sp³-hybridized carbons (Fsp3) is 0.562. The lowest BCUT2D eigenvalue weighted by molar-refractivity contribution is -0.130. The Labute approximate surface area is 116 Å². The average molecular weight is 262 g/mol. The lowest BCUT2D eigenvalue weighted by Crippen LogP contribution is -2.30. The highest BCUT2D eigenvalue weighted by Gasteiger charge is 2.10. The quantitative estimate of drug-likeness (QED) is 0.856. The number of nitrogens with two attached hydrogens (primary N) is 1. The lowest BCUT2D eigenvalue weighted by Gasteiger charge is -2.18. The Hall–Kier alpha value is -1.35. The van der Waals surface area contributed by atoms with Crippen molar-refractivity contribution < 1.29 is 4.79 Å². The highest BCUT2D eigenvalue weighted by atomic mass is 16.2. The number of hydrogen-bond acceptors (Lipinski definition) is 2. The van der Waals surface area contributed by atoms with Crippen LogP contribution in [0.3, 0.4) is 0 Å². The first-order valence-corrected chi connectivity index (χ1v) is 6.96. The van der Waals surface area contributed by atoms with Gasteiger partial charge in [0.25, 0.3) is 0 Å².